The largest absolute Gasteiger partial charge is 0.461 e. The number of carbonyl (C=O) groups is 6. The van der Waals surface area contributed by atoms with Crippen LogP contribution in [-0.4, -0.2) is 111 Å². The number of hydrogen-bond acceptors (Lipinski definition) is 15. The summed E-state index contributed by atoms with van der Waals surface area (Å²) < 4.78 is 10.2. The number of nitrogen functional groups attached to an aromatic ring is 1. The standard InChI is InChI=1S/C24H23N7O9S3/c1-8(32)39-3-9-5-41-21-13(27-17(33)12(29-38-2)11-7-43-24(25)26-11)19(35)30(21)15(9)18(34)28-14-20(36)31-16-10(4-40-23(16)37)6-42-22(14)31/h7,13-14,21-22H,3-6H2,1-2H3,(H2,25,26)(H,27,33)(H,28,34)/b29-12+/t13-,14-,21-,22-/m1/s1. The van der Waals surface area contributed by atoms with Gasteiger partial charge in [0, 0.05) is 35.0 Å². The number of amides is 4. The Bertz CT molecular complexity index is 1570. The van der Waals surface area contributed by atoms with Crippen LogP contribution in [0.2, 0.25) is 0 Å². The molecule has 6 heterocycles. The van der Waals surface area contributed by atoms with E-state index in [0.717, 1.165) is 16.9 Å². The number of fused-ring (bicyclic) bond motifs is 3. The zero-order valence-electron chi connectivity index (χ0n) is 22.5. The maximum Gasteiger partial charge on any atom is 0.355 e. The van der Waals surface area contributed by atoms with Crippen LogP contribution in [0.4, 0.5) is 5.13 Å². The first-order valence-corrected chi connectivity index (χ1v) is 15.7. The van der Waals surface area contributed by atoms with Crippen molar-refractivity contribution in [2.75, 3.05) is 37.6 Å². The van der Waals surface area contributed by atoms with Crippen molar-refractivity contribution in [3.05, 3.63) is 33.6 Å². The number of thiazole rings is 1. The van der Waals surface area contributed by atoms with E-state index in [0.29, 0.717) is 11.3 Å². The predicted molar refractivity (Wildman–Crippen MR) is 152 cm³/mol. The quantitative estimate of drug-likeness (QED) is 0.127. The van der Waals surface area contributed by atoms with Gasteiger partial charge >= 0.3 is 11.9 Å². The molecular formula is C24H23N7O9S3. The Morgan fingerprint density at radius 1 is 1.12 bits per heavy atom. The Morgan fingerprint density at radius 2 is 1.81 bits per heavy atom. The molecular weight excluding hydrogens is 627 g/mol. The predicted octanol–water partition coefficient (Wildman–Crippen LogP) is -1.50. The first-order valence-electron chi connectivity index (χ1n) is 12.7. The second-order valence-electron chi connectivity index (χ2n) is 9.68. The number of anilines is 1. The molecule has 0 saturated carbocycles. The number of carbonyl (C=O) groups excluding carboxylic acids is 6. The molecule has 4 N–H and O–H groups in total. The Morgan fingerprint density at radius 3 is 2.51 bits per heavy atom. The van der Waals surface area contributed by atoms with Gasteiger partial charge < -0.3 is 30.7 Å². The number of esters is 2. The second-order valence-corrected chi connectivity index (χ2v) is 12.8. The van der Waals surface area contributed by atoms with Crippen molar-refractivity contribution in [2.45, 2.75) is 29.8 Å². The van der Waals surface area contributed by atoms with Crippen molar-refractivity contribution >= 4 is 81.3 Å². The van der Waals surface area contributed by atoms with E-state index in [1.165, 1.54) is 52.7 Å². The van der Waals surface area contributed by atoms with Crippen molar-refractivity contribution < 1.29 is 43.1 Å². The summed E-state index contributed by atoms with van der Waals surface area (Å²) in [7, 11) is 1.25. The molecule has 1 aromatic heterocycles. The smallest absolute Gasteiger partial charge is 0.355 e. The molecule has 19 heteroatoms. The van der Waals surface area contributed by atoms with Gasteiger partial charge in [0.15, 0.2) is 10.8 Å². The van der Waals surface area contributed by atoms with Gasteiger partial charge in [-0.15, -0.1) is 34.9 Å². The lowest BCUT2D eigenvalue weighted by Crippen LogP contribution is -2.73. The third kappa shape index (κ3) is 4.89. The molecule has 5 aliphatic rings. The Hall–Kier alpha value is -4.10. The van der Waals surface area contributed by atoms with Gasteiger partial charge in [-0.05, 0) is 0 Å². The highest BCUT2D eigenvalue weighted by molar-refractivity contribution is 8.00. The zero-order valence-corrected chi connectivity index (χ0v) is 24.9. The van der Waals surface area contributed by atoms with Crippen molar-refractivity contribution in [3.8, 4) is 0 Å². The van der Waals surface area contributed by atoms with Gasteiger partial charge in [0.2, 0.25) is 0 Å². The minimum Gasteiger partial charge on any atom is -0.461 e. The first-order chi connectivity index (χ1) is 20.6. The Kier molecular flexibility index (Phi) is 7.55. The highest BCUT2D eigenvalue weighted by Crippen LogP contribution is 2.44. The number of hydrogen-bond donors (Lipinski definition) is 3. The fourth-order valence-corrected chi connectivity index (χ4v) is 8.32. The lowest BCUT2D eigenvalue weighted by Gasteiger charge is -2.51. The molecule has 226 valence electrons. The molecule has 43 heavy (non-hydrogen) atoms. The molecule has 1 aromatic rings. The van der Waals surface area contributed by atoms with E-state index in [2.05, 4.69) is 20.8 Å². The summed E-state index contributed by atoms with van der Waals surface area (Å²) in [6.07, 6.45) is 0. The van der Waals surface area contributed by atoms with E-state index < -0.39 is 58.4 Å². The van der Waals surface area contributed by atoms with Gasteiger partial charge in [-0.2, -0.15) is 0 Å². The number of nitrogens with two attached hydrogens (primary N) is 1. The van der Waals surface area contributed by atoms with Gasteiger partial charge in [0.1, 0.15) is 60.2 Å². The van der Waals surface area contributed by atoms with Gasteiger partial charge in [0.25, 0.3) is 23.6 Å². The fraction of sp³-hybridized carbons (Fsp3) is 0.417. The summed E-state index contributed by atoms with van der Waals surface area (Å²) in [6.45, 7) is 1.10. The number of cyclic esters (lactones) is 1. The molecule has 4 amide bonds. The van der Waals surface area contributed by atoms with Gasteiger partial charge in [0.05, 0.1) is 0 Å². The van der Waals surface area contributed by atoms with Gasteiger partial charge in [-0.3, -0.25) is 33.8 Å². The van der Waals surface area contributed by atoms with E-state index in [1.807, 2.05) is 0 Å². The SMILES string of the molecule is CO/N=C(/C(=O)N[C@@H]1C(=O)N2C(C(=O)N[C@@H]3C(=O)N4C5=C(COC5=O)CS[C@H]34)=C(COC(C)=O)CS[C@H]12)c1csc(N)n1. The number of ether oxygens (including phenoxy) is 2. The minimum absolute atomic E-state index is 0.0641. The summed E-state index contributed by atoms with van der Waals surface area (Å²) in [5, 5.41) is 9.57. The summed E-state index contributed by atoms with van der Waals surface area (Å²) in [5.41, 5.74) is 6.89. The molecule has 6 rings (SSSR count). The molecule has 5 aliphatic heterocycles. The van der Waals surface area contributed by atoms with Crippen LogP contribution < -0.4 is 16.4 Å². The monoisotopic (exact) mass is 649 g/mol. The molecule has 2 fully saturated rings. The number of nitrogens with one attached hydrogen (secondary N) is 2. The van der Waals surface area contributed by atoms with Gasteiger partial charge in [-0.25, -0.2) is 9.78 Å². The van der Waals surface area contributed by atoms with Crippen LogP contribution in [0.3, 0.4) is 0 Å². The molecule has 16 nitrogen and oxygen atoms in total. The Balaban J connectivity index is 1.20. The third-order valence-corrected chi connectivity index (χ3v) is 10.4. The van der Waals surface area contributed by atoms with Crippen LogP contribution in [0.25, 0.3) is 0 Å². The average molecular weight is 650 g/mol. The number of oxime groups is 1. The maximum absolute atomic E-state index is 13.7. The summed E-state index contributed by atoms with van der Waals surface area (Å²) in [6, 6.07) is -1.98. The lowest BCUT2D eigenvalue weighted by atomic mass is 10.00. The number of nitrogens with zero attached hydrogens (tertiary/aromatic N) is 4. The van der Waals surface area contributed by atoms with E-state index in [-0.39, 0.29) is 46.9 Å². The molecule has 0 aromatic carbocycles. The van der Waals surface area contributed by atoms with Crippen LogP contribution in [0, 0.1) is 0 Å². The molecule has 2 saturated heterocycles. The summed E-state index contributed by atoms with van der Waals surface area (Å²) in [5.74, 6) is -3.02. The average Bonchev–Trinajstić information content (AvgIpc) is 3.59. The number of rotatable bonds is 8. The lowest BCUT2D eigenvalue weighted by molar-refractivity contribution is -0.151. The minimum atomic E-state index is -1.03. The van der Waals surface area contributed by atoms with E-state index in [9.17, 15) is 28.8 Å². The second kappa shape index (κ2) is 11.2. The summed E-state index contributed by atoms with van der Waals surface area (Å²) in [4.78, 5) is 88.3. The van der Waals surface area contributed by atoms with E-state index >= 15 is 0 Å². The van der Waals surface area contributed by atoms with Crippen LogP contribution in [0.15, 0.2) is 33.1 Å². The highest BCUT2D eigenvalue weighted by Gasteiger charge is 2.58. The topological polar surface area (TPSA) is 212 Å². The molecule has 0 bridgehead atoms. The van der Waals surface area contributed by atoms with Gasteiger partial charge in [-0.1, -0.05) is 5.16 Å². The number of aromatic nitrogens is 1. The molecule has 4 atom stereocenters. The number of thioether (sulfide) groups is 2. The maximum atomic E-state index is 13.7. The van der Waals surface area contributed by atoms with Crippen molar-refractivity contribution in [3.63, 3.8) is 0 Å². The van der Waals surface area contributed by atoms with E-state index in [4.69, 9.17) is 20.0 Å². The normalized spacial score (nSPS) is 26.1. The first kappa shape index (κ1) is 29.0. The molecule has 0 spiro atoms. The highest BCUT2D eigenvalue weighted by atomic mass is 32.2. The molecule has 0 aliphatic carbocycles. The van der Waals surface area contributed by atoms with Crippen molar-refractivity contribution in [1.82, 2.24) is 25.4 Å². The van der Waals surface area contributed by atoms with Crippen molar-refractivity contribution in [1.29, 1.82) is 0 Å². The Labute approximate surface area is 255 Å². The fourth-order valence-electron chi connectivity index (χ4n) is 5.11. The zero-order chi connectivity index (χ0) is 30.6. The summed E-state index contributed by atoms with van der Waals surface area (Å²) >= 11 is 3.74. The van der Waals surface area contributed by atoms with Crippen molar-refractivity contribution in [2.24, 2.45) is 5.16 Å². The van der Waals surface area contributed by atoms with Crippen LogP contribution in [0.5, 0.6) is 0 Å². The molecule has 0 radical (unpaired) electrons. The van der Waals surface area contributed by atoms with E-state index in [1.54, 1.807) is 0 Å². The molecule has 0 unspecified atom stereocenters. The van der Waals surface area contributed by atoms with Crippen LogP contribution in [0.1, 0.15) is 12.6 Å². The third-order valence-electron chi connectivity index (χ3n) is 7.07. The van der Waals surface area contributed by atoms with Crippen LogP contribution in [-0.2, 0) is 43.1 Å². The number of β-lactam (4-membered cyclic amide) rings is 2. The van der Waals surface area contributed by atoms with Crippen LogP contribution >= 0.6 is 34.9 Å².